The highest BCUT2D eigenvalue weighted by Crippen LogP contribution is 2.35. The van der Waals surface area contributed by atoms with Crippen LogP contribution in [0.15, 0.2) is 49.8 Å². The molecule has 0 unspecified atom stereocenters. The lowest BCUT2D eigenvalue weighted by Gasteiger charge is -2.12. The van der Waals surface area contributed by atoms with Crippen LogP contribution in [0.5, 0.6) is 5.75 Å². The molecule has 0 saturated carbocycles. The van der Waals surface area contributed by atoms with Gasteiger partial charge in [0.25, 0.3) is 0 Å². The quantitative estimate of drug-likeness (QED) is 0.712. The zero-order chi connectivity index (χ0) is 13.8. The standard InChI is InChI=1S/C14H12Br3NO/c15-11-3-1-9(2-4-11)8-19-14-12(16)5-10(7-18)6-13(14)17/h1-6H,7-8,18H2. The summed E-state index contributed by atoms with van der Waals surface area (Å²) in [5.74, 6) is 0.792. The third kappa shape index (κ3) is 4.05. The molecule has 19 heavy (non-hydrogen) atoms. The number of nitrogens with two attached hydrogens (primary N) is 1. The maximum atomic E-state index is 5.84. The van der Waals surface area contributed by atoms with Gasteiger partial charge in [-0.3, -0.25) is 0 Å². The molecule has 0 aliphatic rings. The second kappa shape index (κ2) is 6.88. The molecule has 100 valence electrons. The van der Waals surface area contributed by atoms with Gasteiger partial charge in [0.05, 0.1) is 8.95 Å². The van der Waals surface area contributed by atoms with Gasteiger partial charge in [-0.15, -0.1) is 0 Å². The normalized spacial score (nSPS) is 10.5. The Balaban J connectivity index is 2.13. The van der Waals surface area contributed by atoms with E-state index in [0.29, 0.717) is 13.2 Å². The van der Waals surface area contributed by atoms with Gasteiger partial charge < -0.3 is 10.5 Å². The van der Waals surface area contributed by atoms with Crippen molar-refractivity contribution < 1.29 is 4.74 Å². The zero-order valence-corrected chi connectivity index (χ0v) is 14.8. The first-order valence-corrected chi connectivity index (χ1v) is 8.03. The van der Waals surface area contributed by atoms with Crippen LogP contribution in [-0.2, 0) is 13.2 Å². The summed E-state index contributed by atoms with van der Waals surface area (Å²) in [4.78, 5) is 0. The second-order valence-corrected chi connectivity index (χ2v) is 6.63. The van der Waals surface area contributed by atoms with E-state index in [1.54, 1.807) is 0 Å². The highest BCUT2D eigenvalue weighted by molar-refractivity contribution is 9.11. The van der Waals surface area contributed by atoms with Crippen molar-refractivity contribution in [2.24, 2.45) is 5.73 Å². The number of benzene rings is 2. The molecule has 0 aliphatic heterocycles. The van der Waals surface area contributed by atoms with Crippen LogP contribution in [0.25, 0.3) is 0 Å². The van der Waals surface area contributed by atoms with Gasteiger partial charge in [-0.25, -0.2) is 0 Å². The molecule has 0 saturated heterocycles. The summed E-state index contributed by atoms with van der Waals surface area (Å²) in [6.45, 7) is 1.02. The van der Waals surface area contributed by atoms with E-state index >= 15 is 0 Å². The van der Waals surface area contributed by atoms with Gasteiger partial charge in [-0.05, 0) is 67.3 Å². The number of ether oxygens (including phenoxy) is 1. The topological polar surface area (TPSA) is 35.2 Å². The van der Waals surface area contributed by atoms with E-state index in [4.69, 9.17) is 10.5 Å². The minimum atomic E-state index is 0.504. The second-order valence-electron chi connectivity index (χ2n) is 4.01. The first kappa shape index (κ1) is 15.0. The molecule has 0 amide bonds. The lowest BCUT2D eigenvalue weighted by atomic mass is 10.2. The minimum absolute atomic E-state index is 0.504. The number of rotatable bonds is 4. The van der Waals surface area contributed by atoms with Gasteiger partial charge in [0.2, 0.25) is 0 Å². The first-order valence-electron chi connectivity index (χ1n) is 5.65. The lowest BCUT2D eigenvalue weighted by Crippen LogP contribution is -2.00. The Bertz CT molecular complexity index is 546. The van der Waals surface area contributed by atoms with Crippen molar-refractivity contribution in [3.05, 3.63) is 60.9 Å². The maximum Gasteiger partial charge on any atom is 0.148 e. The van der Waals surface area contributed by atoms with Crippen LogP contribution in [-0.4, -0.2) is 0 Å². The van der Waals surface area contributed by atoms with Gasteiger partial charge in [0.15, 0.2) is 0 Å². The van der Waals surface area contributed by atoms with Crippen molar-refractivity contribution in [3.8, 4) is 5.75 Å². The molecular weight excluding hydrogens is 438 g/mol. The molecule has 0 spiro atoms. The van der Waals surface area contributed by atoms with Crippen LogP contribution in [0, 0.1) is 0 Å². The van der Waals surface area contributed by atoms with Crippen molar-refractivity contribution in [2.75, 3.05) is 0 Å². The zero-order valence-electron chi connectivity index (χ0n) is 10.00. The summed E-state index contributed by atoms with van der Waals surface area (Å²) in [6, 6.07) is 12.0. The highest BCUT2D eigenvalue weighted by Gasteiger charge is 2.08. The summed E-state index contributed by atoms with van der Waals surface area (Å²) in [5.41, 5.74) is 7.80. The Morgan fingerprint density at radius 1 is 0.895 bits per heavy atom. The van der Waals surface area contributed by atoms with Crippen molar-refractivity contribution in [1.29, 1.82) is 0 Å². The monoisotopic (exact) mass is 447 g/mol. The van der Waals surface area contributed by atoms with Crippen molar-refractivity contribution in [1.82, 2.24) is 0 Å². The van der Waals surface area contributed by atoms with E-state index in [0.717, 1.165) is 30.3 Å². The van der Waals surface area contributed by atoms with Crippen molar-refractivity contribution in [3.63, 3.8) is 0 Å². The average Bonchev–Trinajstić information content (AvgIpc) is 2.39. The SMILES string of the molecule is NCc1cc(Br)c(OCc2ccc(Br)cc2)c(Br)c1. The molecule has 0 aliphatic carbocycles. The van der Waals surface area contributed by atoms with Crippen molar-refractivity contribution in [2.45, 2.75) is 13.2 Å². The van der Waals surface area contributed by atoms with Gasteiger partial charge in [-0.2, -0.15) is 0 Å². The average molecular weight is 450 g/mol. The fourth-order valence-corrected chi connectivity index (χ4v) is 3.38. The van der Waals surface area contributed by atoms with Crippen LogP contribution < -0.4 is 10.5 Å². The Kier molecular flexibility index (Phi) is 5.45. The van der Waals surface area contributed by atoms with Gasteiger partial charge >= 0.3 is 0 Å². The largest absolute Gasteiger partial charge is 0.487 e. The predicted octanol–water partition coefficient (Wildman–Crippen LogP) is 5.01. The Morgan fingerprint density at radius 2 is 1.47 bits per heavy atom. The Hall–Kier alpha value is -0.360. The van der Waals surface area contributed by atoms with E-state index < -0.39 is 0 Å². The fraction of sp³-hybridized carbons (Fsp3) is 0.143. The Morgan fingerprint density at radius 3 is 2.00 bits per heavy atom. The molecule has 5 heteroatoms. The molecule has 0 bridgehead atoms. The van der Waals surface area contributed by atoms with E-state index in [1.165, 1.54) is 0 Å². The molecule has 2 rings (SSSR count). The van der Waals surface area contributed by atoms with Crippen LogP contribution in [0.2, 0.25) is 0 Å². The minimum Gasteiger partial charge on any atom is -0.487 e. The molecule has 0 aromatic heterocycles. The van der Waals surface area contributed by atoms with Crippen molar-refractivity contribution >= 4 is 47.8 Å². The summed E-state index contributed by atoms with van der Waals surface area (Å²) in [5, 5.41) is 0. The van der Waals surface area contributed by atoms with Crippen LogP contribution in [0.3, 0.4) is 0 Å². The van der Waals surface area contributed by atoms with E-state index in [9.17, 15) is 0 Å². The van der Waals surface area contributed by atoms with Crippen LogP contribution in [0.1, 0.15) is 11.1 Å². The summed E-state index contributed by atoms with van der Waals surface area (Å²) < 4.78 is 8.71. The number of hydrogen-bond donors (Lipinski definition) is 1. The van der Waals surface area contributed by atoms with E-state index in [1.807, 2.05) is 36.4 Å². The molecular formula is C14H12Br3NO. The number of hydrogen-bond acceptors (Lipinski definition) is 2. The van der Waals surface area contributed by atoms with Gasteiger partial charge in [0.1, 0.15) is 12.4 Å². The molecule has 2 nitrogen and oxygen atoms in total. The number of halogens is 3. The van der Waals surface area contributed by atoms with E-state index in [2.05, 4.69) is 47.8 Å². The molecule has 0 heterocycles. The molecule has 2 aromatic carbocycles. The summed E-state index contributed by atoms with van der Waals surface area (Å²) >= 11 is 10.4. The Labute approximate surface area is 137 Å². The van der Waals surface area contributed by atoms with Crippen LogP contribution >= 0.6 is 47.8 Å². The first-order chi connectivity index (χ1) is 9.10. The molecule has 2 N–H and O–H groups in total. The van der Waals surface area contributed by atoms with Gasteiger partial charge in [-0.1, -0.05) is 28.1 Å². The summed E-state index contributed by atoms with van der Waals surface area (Å²) in [6.07, 6.45) is 0. The molecule has 0 fully saturated rings. The molecule has 0 atom stereocenters. The lowest BCUT2D eigenvalue weighted by molar-refractivity contribution is 0.302. The van der Waals surface area contributed by atoms with E-state index in [-0.39, 0.29) is 0 Å². The third-order valence-electron chi connectivity index (χ3n) is 2.59. The summed E-state index contributed by atoms with van der Waals surface area (Å²) in [7, 11) is 0. The predicted molar refractivity (Wildman–Crippen MR) is 88.2 cm³/mol. The molecule has 2 aromatic rings. The van der Waals surface area contributed by atoms with Crippen LogP contribution in [0.4, 0.5) is 0 Å². The highest BCUT2D eigenvalue weighted by atomic mass is 79.9. The van der Waals surface area contributed by atoms with Gasteiger partial charge in [0, 0.05) is 11.0 Å². The third-order valence-corrected chi connectivity index (χ3v) is 4.30. The smallest absolute Gasteiger partial charge is 0.148 e. The maximum absolute atomic E-state index is 5.84. The fourth-order valence-electron chi connectivity index (χ4n) is 1.60. The molecule has 0 radical (unpaired) electrons.